The molecule has 0 aromatic heterocycles. The van der Waals surface area contributed by atoms with Crippen LogP contribution >= 0.6 is 0 Å². The predicted octanol–water partition coefficient (Wildman–Crippen LogP) is 3.09. The average Bonchev–Trinajstić information content (AvgIpc) is 2.62. The van der Waals surface area contributed by atoms with E-state index < -0.39 is 16.0 Å². The minimum atomic E-state index is -3.76. The van der Waals surface area contributed by atoms with Crippen LogP contribution in [0.3, 0.4) is 0 Å². The van der Waals surface area contributed by atoms with Crippen LogP contribution in [0.2, 0.25) is 0 Å². The molecule has 0 radical (unpaired) electrons. The van der Waals surface area contributed by atoms with Crippen molar-refractivity contribution in [3.05, 3.63) is 54.1 Å². The van der Waals surface area contributed by atoms with E-state index in [1.54, 1.807) is 44.2 Å². The molecule has 7 heteroatoms. The second-order valence-corrected chi connectivity index (χ2v) is 6.98. The van der Waals surface area contributed by atoms with Crippen LogP contribution in [0.15, 0.2) is 53.4 Å². The molecule has 6 nitrogen and oxygen atoms in total. The van der Waals surface area contributed by atoms with Crippen LogP contribution in [0.4, 0.5) is 5.69 Å². The molecule has 0 saturated carbocycles. The lowest BCUT2D eigenvalue weighted by molar-refractivity contribution is 0.0526. The summed E-state index contributed by atoms with van der Waals surface area (Å²) in [5.74, 6) is 0.0913. The van der Waals surface area contributed by atoms with Crippen molar-refractivity contribution in [3.63, 3.8) is 0 Å². The van der Waals surface area contributed by atoms with Gasteiger partial charge in [0, 0.05) is 6.54 Å². The lowest BCUT2D eigenvalue weighted by atomic mass is 10.2. The van der Waals surface area contributed by atoms with Crippen molar-refractivity contribution in [1.29, 1.82) is 0 Å². The number of sulfonamides is 1. The molecule has 0 fully saturated rings. The number of hydrogen-bond donors (Lipinski definition) is 0. The van der Waals surface area contributed by atoms with Crippen molar-refractivity contribution in [2.45, 2.75) is 18.7 Å². The highest BCUT2D eigenvalue weighted by atomic mass is 32.2. The standard InChI is InChI=1S/C18H21NO5S/c1-4-19(15-8-6-7-14(13-15)18(20)24-5-2)25(21,22)17-11-9-16(23-3)10-12-17/h6-13H,4-5H2,1-3H3. The molecule has 2 aromatic carbocycles. The van der Waals surface area contributed by atoms with Crippen molar-refractivity contribution in [2.24, 2.45) is 0 Å². The molecule has 0 saturated heterocycles. The minimum absolute atomic E-state index is 0.150. The molecule has 0 heterocycles. The molecule has 0 unspecified atom stereocenters. The van der Waals surface area contributed by atoms with Crippen LogP contribution in [0.25, 0.3) is 0 Å². The van der Waals surface area contributed by atoms with E-state index in [0.29, 0.717) is 17.0 Å². The van der Waals surface area contributed by atoms with E-state index in [0.717, 1.165) is 0 Å². The summed E-state index contributed by atoms with van der Waals surface area (Å²) >= 11 is 0. The Morgan fingerprint density at radius 3 is 2.32 bits per heavy atom. The second-order valence-electron chi connectivity index (χ2n) is 5.12. The molecular weight excluding hydrogens is 342 g/mol. The van der Waals surface area contributed by atoms with E-state index >= 15 is 0 Å². The van der Waals surface area contributed by atoms with Crippen molar-refractivity contribution in [3.8, 4) is 5.75 Å². The van der Waals surface area contributed by atoms with Gasteiger partial charge in [-0.3, -0.25) is 4.31 Å². The van der Waals surface area contributed by atoms with Gasteiger partial charge in [0.1, 0.15) is 5.75 Å². The molecule has 0 atom stereocenters. The molecule has 0 aliphatic rings. The maximum Gasteiger partial charge on any atom is 0.338 e. The molecule has 0 aliphatic carbocycles. The van der Waals surface area contributed by atoms with E-state index in [4.69, 9.17) is 9.47 Å². The molecule has 2 rings (SSSR count). The maximum absolute atomic E-state index is 12.9. The van der Waals surface area contributed by atoms with Crippen LogP contribution in [0.1, 0.15) is 24.2 Å². The van der Waals surface area contributed by atoms with Crippen molar-refractivity contribution in [1.82, 2.24) is 0 Å². The van der Waals surface area contributed by atoms with Gasteiger partial charge in [0.25, 0.3) is 10.0 Å². The Kier molecular flexibility index (Phi) is 6.03. The van der Waals surface area contributed by atoms with Gasteiger partial charge in [-0.05, 0) is 56.3 Å². The second kappa shape index (κ2) is 8.02. The van der Waals surface area contributed by atoms with E-state index in [1.165, 1.54) is 29.6 Å². The van der Waals surface area contributed by atoms with Crippen molar-refractivity contribution in [2.75, 3.05) is 24.6 Å². The fourth-order valence-corrected chi connectivity index (χ4v) is 3.83. The average molecular weight is 363 g/mol. The lowest BCUT2D eigenvalue weighted by Gasteiger charge is -2.23. The number of nitrogens with zero attached hydrogens (tertiary/aromatic N) is 1. The molecule has 134 valence electrons. The van der Waals surface area contributed by atoms with E-state index in [9.17, 15) is 13.2 Å². The third-order valence-corrected chi connectivity index (χ3v) is 5.50. The quantitative estimate of drug-likeness (QED) is 0.707. The van der Waals surface area contributed by atoms with Gasteiger partial charge >= 0.3 is 5.97 Å². The topological polar surface area (TPSA) is 72.9 Å². The summed E-state index contributed by atoms with van der Waals surface area (Å²) in [5, 5.41) is 0. The van der Waals surface area contributed by atoms with E-state index in [2.05, 4.69) is 0 Å². The van der Waals surface area contributed by atoms with E-state index in [-0.39, 0.29) is 18.0 Å². The first-order chi connectivity index (χ1) is 11.9. The molecule has 0 aliphatic heterocycles. The number of hydrogen-bond acceptors (Lipinski definition) is 5. The van der Waals surface area contributed by atoms with Gasteiger partial charge in [-0.25, -0.2) is 13.2 Å². The zero-order chi connectivity index (χ0) is 18.4. The van der Waals surface area contributed by atoms with Crippen LogP contribution in [-0.4, -0.2) is 34.6 Å². The van der Waals surface area contributed by atoms with Crippen molar-refractivity contribution < 1.29 is 22.7 Å². The highest BCUT2D eigenvalue weighted by Gasteiger charge is 2.24. The van der Waals surface area contributed by atoms with Crippen molar-refractivity contribution >= 4 is 21.7 Å². The molecule has 0 spiro atoms. The Morgan fingerprint density at radius 1 is 1.08 bits per heavy atom. The number of anilines is 1. The molecule has 0 amide bonds. The Morgan fingerprint density at radius 2 is 1.76 bits per heavy atom. The number of esters is 1. The van der Waals surface area contributed by atoms with Crippen LogP contribution in [-0.2, 0) is 14.8 Å². The van der Waals surface area contributed by atoms with Crippen LogP contribution in [0, 0.1) is 0 Å². The van der Waals surface area contributed by atoms with Gasteiger partial charge in [-0.1, -0.05) is 6.07 Å². The first kappa shape index (κ1) is 18.8. The van der Waals surface area contributed by atoms with E-state index in [1.807, 2.05) is 0 Å². The largest absolute Gasteiger partial charge is 0.497 e. The third-order valence-electron chi connectivity index (χ3n) is 3.58. The Bertz CT molecular complexity index is 831. The molecular formula is C18H21NO5S. The summed E-state index contributed by atoms with van der Waals surface area (Å²) in [7, 11) is -2.24. The lowest BCUT2D eigenvalue weighted by Crippen LogP contribution is -2.30. The number of benzene rings is 2. The number of ether oxygens (including phenoxy) is 2. The fourth-order valence-electron chi connectivity index (χ4n) is 2.37. The summed E-state index contributed by atoms with van der Waals surface area (Å²) in [5.41, 5.74) is 0.714. The third kappa shape index (κ3) is 4.11. The zero-order valence-corrected chi connectivity index (χ0v) is 15.2. The van der Waals surface area contributed by atoms with Gasteiger partial charge in [-0.2, -0.15) is 0 Å². The first-order valence-corrected chi connectivity index (χ1v) is 9.32. The number of carbonyl (C=O) groups is 1. The van der Waals surface area contributed by atoms with Gasteiger partial charge < -0.3 is 9.47 Å². The van der Waals surface area contributed by atoms with Gasteiger partial charge in [0.05, 0.1) is 29.9 Å². The van der Waals surface area contributed by atoms with Crippen LogP contribution in [0.5, 0.6) is 5.75 Å². The first-order valence-electron chi connectivity index (χ1n) is 7.88. The summed E-state index contributed by atoms with van der Waals surface area (Å²) in [4.78, 5) is 12.0. The smallest absolute Gasteiger partial charge is 0.338 e. The summed E-state index contributed by atoms with van der Waals surface area (Å²) in [6, 6.07) is 12.6. The molecule has 0 bridgehead atoms. The molecule has 25 heavy (non-hydrogen) atoms. The van der Waals surface area contributed by atoms with Gasteiger partial charge in [0.2, 0.25) is 0 Å². The monoisotopic (exact) mass is 363 g/mol. The zero-order valence-electron chi connectivity index (χ0n) is 14.4. The number of methoxy groups -OCH3 is 1. The Labute approximate surface area is 148 Å². The maximum atomic E-state index is 12.9. The molecule has 0 N–H and O–H groups in total. The Hall–Kier alpha value is -2.54. The summed E-state index contributed by atoms with van der Waals surface area (Å²) < 4.78 is 37.2. The van der Waals surface area contributed by atoms with Crippen LogP contribution < -0.4 is 9.04 Å². The number of carbonyl (C=O) groups excluding carboxylic acids is 1. The normalized spacial score (nSPS) is 11.0. The fraction of sp³-hybridized carbons (Fsp3) is 0.278. The Balaban J connectivity index is 2.40. The highest BCUT2D eigenvalue weighted by Crippen LogP contribution is 2.26. The van der Waals surface area contributed by atoms with Gasteiger partial charge in [0.15, 0.2) is 0 Å². The molecule has 2 aromatic rings. The number of rotatable bonds is 7. The SMILES string of the molecule is CCOC(=O)c1cccc(N(CC)S(=O)(=O)c2ccc(OC)cc2)c1. The predicted molar refractivity (Wildman–Crippen MR) is 95.6 cm³/mol. The summed E-state index contributed by atoms with van der Waals surface area (Å²) in [6.07, 6.45) is 0. The minimum Gasteiger partial charge on any atom is -0.497 e. The van der Waals surface area contributed by atoms with Gasteiger partial charge in [-0.15, -0.1) is 0 Å². The summed E-state index contributed by atoms with van der Waals surface area (Å²) in [6.45, 7) is 3.93. The highest BCUT2D eigenvalue weighted by molar-refractivity contribution is 7.92.